The first kappa shape index (κ1) is 32.7. The highest BCUT2D eigenvalue weighted by molar-refractivity contribution is 4.56. The Morgan fingerprint density at radius 1 is 0.455 bits per heavy atom. The van der Waals surface area contributed by atoms with Crippen LogP contribution in [0.15, 0.2) is 0 Å². The van der Waals surface area contributed by atoms with Crippen LogP contribution in [0, 0.1) is 0 Å². The molecule has 0 fully saturated rings. The molecule has 8 heteroatoms. The predicted molar refractivity (Wildman–Crippen MR) is 130 cm³/mol. The van der Waals surface area contributed by atoms with Crippen molar-refractivity contribution in [2.45, 2.75) is 77.2 Å². The summed E-state index contributed by atoms with van der Waals surface area (Å²) in [7, 11) is 0. The van der Waals surface area contributed by atoms with E-state index < -0.39 is 0 Å². The number of hydrogen-bond acceptors (Lipinski definition) is 8. The van der Waals surface area contributed by atoms with Gasteiger partial charge in [-0.2, -0.15) is 0 Å². The molecule has 33 heavy (non-hydrogen) atoms. The highest BCUT2D eigenvalue weighted by Crippen LogP contribution is 2.10. The van der Waals surface area contributed by atoms with Crippen molar-refractivity contribution in [1.82, 2.24) is 0 Å². The van der Waals surface area contributed by atoms with E-state index in [2.05, 4.69) is 6.92 Å². The van der Waals surface area contributed by atoms with E-state index in [1.54, 1.807) is 0 Å². The largest absolute Gasteiger partial charge is 0.394 e. The smallest absolute Gasteiger partial charge is 0.104 e. The zero-order valence-electron chi connectivity index (χ0n) is 21.2. The number of unbranched alkanes of at least 4 members (excludes halogenated alkanes) is 9. The van der Waals surface area contributed by atoms with E-state index >= 15 is 0 Å². The first-order chi connectivity index (χ1) is 16.3. The van der Waals surface area contributed by atoms with Crippen molar-refractivity contribution < 1.29 is 38.6 Å². The lowest BCUT2D eigenvalue weighted by atomic mass is 10.1. The highest BCUT2D eigenvalue weighted by Gasteiger charge is 2.10. The molecule has 0 aliphatic carbocycles. The molecule has 200 valence electrons. The third kappa shape index (κ3) is 27.8. The van der Waals surface area contributed by atoms with Crippen molar-refractivity contribution in [3.8, 4) is 0 Å². The fourth-order valence-corrected chi connectivity index (χ4v) is 3.20. The molecule has 0 aromatic carbocycles. The Bertz CT molecular complexity index is 346. The lowest BCUT2D eigenvalue weighted by Gasteiger charge is -2.18. The van der Waals surface area contributed by atoms with Gasteiger partial charge in [0.1, 0.15) is 6.10 Å². The molecular formula is C25H52O8. The second-order valence-electron chi connectivity index (χ2n) is 8.11. The van der Waals surface area contributed by atoms with E-state index in [1.165, 1.54) is 57.8 Å². The standard InChI is InChI=1S/C25H52O8/c1-2-3-4-5-6-7-8-9-10-11-14-33-25(23-31-16-13-27)24-32-22-21-30-20-19-29-18-17-28-15-12-26/h25-27H,2-24H2,1H3. The Kier molecular flexibility index (Phi) is 29.4. The van der Waals surface area contributed by atoms with Crippen molar-refractivity contribution in [1.29, 1.82) is 0 Å². The van der Waals surface area contributed by atoms with Crippen molar-refractivity contribution in [3.05, 3.63) is 0 Å². The average molecular weight is 481 g/mol. The Hall–Kier alpha value is -0.320. The number of rotatable bonds is 29. The molecule has 0 rings (SSSR count). The minimum Gasteiger partial charge on any atom is -0.394 e. The molecule has 0 aromatic rings. The summed E-state index contributed by atoms with van der Waals surface area (Å²) < 4.78 is 33.0. The minimum atomic E-state index is -0.127. The zero-order valence-corrected chi connectivity index (χ0v) is 21.2. The zero-order chi connectivity index (χ0) is 24.1. The van der Waals surface area contributed by atoms with Crippen LogP contribution in [0.4, 0.5) is 0 Å². The summed E-state index contributed by atoms with van der Waals surface area (Å²) in [6.45, 7) is 7.48. The Labute approximate surface area is 202 Å². The summed E-state index contributed by atoms with van der Waals surface area (Å²) in [6.07, 6.45) is 12.9. The van der Waals surface area contributed by atoms with Crippen molar-refractivity contribution in [3.63, 3.8) is 0 Å². The Morgan fingerprint density at radius 3 is 1.36 bits per heavy atom. The van der Waals surface area contributed by atoms with Gasteiger partial charge in [0, 0.05) is 6.61 Å². The van der Waals surface area contributed by atoms with Gasteiger partial charge < -0.3 is 38.6 Å². The third-order valence-corrected chi connectivity index (χ3v) is 5.05. The average Bonchev–Trinajstić information content (AvgIpc) is 2.82. The van der Waals surface area contributed by atoms with Crippen LogP contribution in [0.3, 0.4) is 0 Å². The lowest BCUT2D eigenvalue weighted by Crippen LogP contribution is -2.27. The number of aliphatic hydroxyl groups excluding tert-OH is 2. The summed E-state index contributed by atoms with van der Waals surface area (Å²) in [6, 6.07) is 0. The van der Waals surface area contributed by atoms with Gasteiger partial charge in [0.2, 0.25) is 0 Å². The first-order valence-electron chi connectivity index (χ1n) is 13.1. The number of hydrogen-bond donors (Lipinski definition) is 2. The van der Waals surface area contributed by atoms with Crippen LogP contribution in [-0.4, -0.2) is 102 Å². The molecule has 0 saturated carbocycles. The quantitative estimate of drug-likeness (QED) is 0.157. The summed E-state index contributed by atoms with van der Waals surface area (Å²) in [5, 5.41) is 17.5. The van der Waals surface area contributed by atoms with Gasteiger partial charge >= 0.3 is 0 Å². The van der Waals surface area contributed by atoms with Crippen LogP contribution in [0.25, 0.3) is 0 Å². The topological polar surface area (TPSA) is 95.8 Å². The van der Waals surface area contributed by atoms with Gasteiger partial charge in [-0.05, 0) is 6.42 Å². The van der Waals surface area contributed by atoms with Crippen molar-refractivity contribution >= 4 is 0 Å². The van der Waals surface area contributed by atoms with E-state index in [0.29, 0.717) is 72.7 Å². The SMILES string of the molecule is CCCCCCCCCCCCOC(COCCO)COCCOCCOCCOCCO. The normalized spacial score (nSPS) is 12.5. The molecule has 0 spiro atoms. The predicted octanol–water partition coefficient (Wildman–Crippen LogP) is 3.36. The highest BCUT2D eigenvalue weighted by atomic mass is 16.6. The van der Waals surface area contributed by atoms with E-state index in [4.69, 9.17) is 38.6 Å². The van der Waals surface area contributed by atoms with Gasteiger partial charge in [-0.3, -0.25) is 0 Å². The second-order valence-corrected chi connectivity index (χ2v) is 8.11. The first-order valence-corrected chi connectivity index (χ1v) is 13.1. The van der Waals surface area contributed by atoms with Gasteiger partial charge in [-0.25, -0.2) is 0 Å². The molecule has 1 atom stereocenters. The summed E-state index contributed by atoms with van der Waals surface area (Å²) in [4.78, 5) is 0. The molecule has 1 unspecified atom stereocenters. The molecule has 8 nitrogen and oxygen atoms in total. The fourth-order valence-electron chi connectivity index (χ4n) is 3.20. The molecule has 0 saturated heterocycles. The van der Waals surface area contributed by atoms with Gasteiger partial charge in [0.15, 0.2) is 0 Å². The molecule has 0 heterocycles. The second kappa shape index (κ2) is 29.7. The van der Waals surface area contributed by atoms with E-state index in [-0.39, 0.29) is 19.3 Å². The molecule has 0 bridgehead atoms. The summed E-state index contributed by atoms with van der Waals surface area (Å²) in [5.41, 5.74) is 0. The van der Waals surface area contributed by atoms with Crippen LogP contribution >= 0.6 is 0 Å². The van der Waals surface area contributed by atoms with E-state index in [9.17, 15) is 0 Å². The maximum atomic E-state index is 8.90. The van der Waals surface area contributed by atoms with Gasteiger partial charge in [-0.1, -0.05) is 64.7 Å². The maximum absolute atomic E-state index is 8.90. The van der Waals surface area contributed by atoms with E-state index in [0.717, 1.165) is 6.42 Å². The summed E-state index contributed by atoms with van der Waals surface area (Å²) in [5.74, 6) is 0. The maximum Gasteiger partial charge on any atom is 0.104 e. The molecule has 0 aliphatic heterocycles. The van der Waals surface area contributed by atoms with Crippen molar-refractivity contribution in [2.24, 2.45) is 0 Å². The van der Waals surface area contributed by atoms with Crippen LogP contribution in [0.1, 0.15) is 71.1 Å². The summed E-state index contributed by atoms with van der Waals surface area (Å²) >= 11 is 0. The fraction of sp³-hybridized carbons (Fsp3) is 1.00. The molecule has 2 N–H and O–H groups in total. The van der Waals surface area contributed by atoms with Crippen LogP contribution in [-0.2, 0) is 28.4 Å². The number of aliphatic hydroxyl groups is 2. The molecule has 0 radical (unpaired) electrons. The van der Waals surface area contributed by atoms with Crippen LogP contribution < -0.4 is 0 Å². The van der Waals surface area contributed by atoms with Gasteiger partial charge in [0.25, 0.3) is 0 Å². The molecular weight excluding hydrogens is 428 g/mol. The van der Waals surface area contributed by atoms with E-state index in [1.807, 2.05) is 0 Å². The monoisotopic (exact) mass is 480 g/mol. The Morgan fingerprint density at radius 2 is 0.848 bits per heavy atom. The van der Waals surface area contributed by atoms with Gasteiger partial charge in [-0.15, -0.1) is 0 Å². The molecule has 0 amide bonds. The number of ether oxygens (including phenoxy) is 6. The molecule has 0 aromatic heterocycles. The van der Waals surface area contributed by atoms with Crippen LogP contribution in [0.2, 0.25) is 0 Å². The minimum absolute atomic E-state index is 0.00942. The van der Waals surface area contributed by atoms with Crippen LogP contribution in [0.5, 0.6) is 0 Å². The molecule has 0 aliphatic rings. The van der Waals surface area contributed by atoms with Crippen molar-refractivity contribution in [2.75, 3.05) is 85.9 Å². The third-order valence-electron chi connectivity index (χ3n) is 5.05. The Balaban J connectivity index is 3.58. The van der Waals surface area contributed by atoms with Gasteiger partial charge in [0.05, 0.1) is 79.3 Å². The lowest BCUT2D eigenvalue weighted by molar-refractivity contribution is -0.0726.